The van der Waals surface area contributed by atoms with Gasteiger partial charge in [0.05, 0.1) is 50.6 Å². The summed E-state index contributed by atoms with van der Waals surface area (Å²) in [6.45, 7) is 10.0. The van der Waals surface area contributed by atoms with Crippen molar-refractivity contribution in [2.24, 2.45) is 11.8 Å². The summed E-state index contributed by atoms with van der Waals surface area (Å²) >= 11 is 0. The Morgan fingerprint density at radius 3 is 2.25 bits per heavy atom. The topological polar surface area (TPSA) is 287 Å². The Morgan fingerprint density at radius 2 is 1.53 bits per heavy atom. The second-order valence-electron chi connectivity index (χ2n) is 28.0. The van der Waals surface area contributed by atoms with Crippen molar-refractivity contribution in [1.82, 2.24) is 34.7 Å². The number of carbonyl (C=O) groups is 10. The van der Waals surface area contributed by atoms with E-state index < -0.39 is 71.2 Å². The van der Waals surface area contributed by atoms with E-state index in [2.05, 4.69) is 51.6 Å². The van der Waals surface area contributed by atoms with Gasteiger partial charge in [0, 0.05) is 116 Å². The molecule has 1 spiro atoms. The highest BCUT2D eigenvalue weighted by atomic mass is 16.6. The zero-order valence-electron chi connectivity index (χ0n) is 56.8. The molecule has 5 heterocycles. The fraction of sp³-hybridized carbons (Fsp3) is 0.611. The monoisotopic (exact) mass is 1340 g/mol. The average Bonchev–Trinajstić information content (AvgIpc) is 1.49. The van der Waals surface area contributed by atoms with Crippen LogP contribution in [-0.2, 0) is 57.2 Å². The number of imide groups is 2. The van der Waals surface area contributed by atoms with Gasteiger partial charge >= 0.3 is 12.1 Å². The lowest BCUT2D eigenvalue weighted by Gasteiger charge is -2.46. The molecule has 3 N–H and O–H groups in total. The summed E-state index contributed by atoms with van der Waals surface area (Å²) in [4.78, 5) is 144. The number of ketones is 1. The van der Waals surface area contributed by atoms with E-state index >= 15 is 4.79 Å². The van der Waals surface area contributed by atoms with E-state index in [4.69, 9.17) is 23.7 Å². The number of benzene rings is 2. The number of anilines is 2. The fourth-order valence-corrected chi connectivity index (χ4v) is 16.1. The molecule has 6 fully saturated rings. The summed E-state index contributed by atoms with van der Waals surface area (Å²) in [5, 5.41) is 15.3. The lowest BCUT2D eigenvalue weighted by molar-refractivity contribution is -0.157. The van der Waals surface area contributed by atoms with E-state index in [0.717, 1.165) is 49.1 Å². The number of rotatable bonds is 26. The minimum atomic E-state index is -1.14. The van der Waals surface area contributed by atoms with E-state index in [1.54, 1.807) is 50.9 Å². The van der Waals surface area contributed by atoms with Crippen LogP contribution in [0.4, 0.5) is 16.2 Å². The Hall–Kier alpha value is -8.02. The van der Waals surface area contributed by atoms with E-state index in [0.29, 0.717) is 82.7 Å². The van der Waals surface area contributed by atoms with Gasteiger partial charge in [0.15, 0.2) is 11.4 Å². The van der Waals surface area contributed by atoms with Crippen molar-refractivity contribution in [3.8, 4) is 11.8 Å². The summed E-state index contributed by atoms with van der Waals surface area (Å²) < 4.78 is 29.7. The third-order valence-electron chi connectivity index (χ3n) is 20.7. The van der Waals surface area contributed by atoms with Crippen molar-refractivity contribution in [2.75, 3.05) is 129 Å². The molecule has 2 aromatic rings. The van der Waals surface area contributed by atoms with Gasteiger partial charge in [0.25, 0.3) is 11.8 Å². The zero-order chi connectivity index (χ0) is 68.9. The number of carboxylic acids is 1. The number of piperazine rings is 2. The van der Waals surface area contributed by atoms with Crippen molar-refractivity contribution >= 4 is 70.6 Å². The highest BCUT2D eigenvalue weighted by Gasteiger charge is 2.79. The first-order valence-electron chi connectivity index (χ1n) is 34.5. The van der Waals surface area contributed by atoms with Crippen LogP contribution in [0.1, 0.15) is 143 Å². The Balaban J connectivity index is 0.642. The molecule has 2 saturated carbocycles. The van der Waals surface area contributed by atoms with Crippen molar-refractivity contribution in [1.29, 1.82) is 0 Å². The van der Waals surface area contributed by atoms with Gasteiger partial charge in [0.1, 0.15) is 29.3 Å². The quantitative estimate of drug-likeness (QED) is 0.0474. The number of nitrogens with one attached hydrogen (secondary N) is 2. The molecule has 0 bridgehead atoms. The molecule has 2 aromatic carbocycles. The molecule has 522 valence electrons. The lowest BCUT2D eigenvalue weighted by Crippen LogP contribution is -2.67. The van der Waals surface area contributed by atoms with Gasteiger partial charge in [-0.1, -0.05) is 29.7 Å². The van der Waals surface area contributed by atoms with Crippen molar-refractivity contribution in [2.45, 2.75) is 152 Å². The normalized spacial score (nSPS) is 26.0. The van der Waals surface area contributed by atoms with E-state index in [1.165, 1.54) is 41.9 Å². The molecule has 11 rings (SSSR count). The number of hydrogen-bond donors (Lipinski definition) is 3. The third-order valence-corrected chi connectivity index (χ3v) is 20.7. The number of piperidine rings is 1. The fourth-order valence-electron chi connectivity index (χ4n) is 16.1. The maximum Gasteiger partial charge on any atom is 0.410 e. The van der Waals surface area contributed by atoms with Crippen molar-refractivity contribution in [3.05, 3.63) is 82.0 Å². The van der Waals surface area contributed by atoms with Crippen LogP contribution in [0.25, 0.3) is 0 Å². The van der Waals surface area contributed by atoms with Gasteiger partial charge in [-0.25, -0.2) is 4.79 Å². The molecular weight excluding hydrogens is 1250 g/mol. The minimum Gasteiger partial charge on any atom is -0.480 e. The SMILES string of the molecule is CC#C[C@]12CCC3[C@@H]4CCC5=CC(=O)CCC5=C4[C@@H](c4ccc(N(C)CCCC(=O)N5CCN(CC(=O)O)CC5C(=O)N5CCN(C(=O)OC(C)(C)C)CC5C(=O)N(C)CCCOCCOCCOCCCNc5cccc6c5C(=O)N(C5CCC(=O)NC5=O)C6=O)cc4)C[C@@]31O2. The first-order chi connectivity index (χ1) is 46.5. The molecule has 97 heavy (non-hydrogen) atoms. The molecule has 4 aliphatic carbocycles. The Bertz CT molecular complexity index is 3540. The molecule has 4 unspecified atom stereocenters. The third kappa shape index (κ3) is 15.2. The maximum absolute atomic E-state index is 15.1. The average molecular weight is 1340 g/mol. The summed E-state index contributed by atoms with van der Waals surface area (Å²) in [6, 6.07) is 10.3. The number of amides is 8. The van der Waals surface area contributed by atoms with Gasteiger partial charge in [-0.3, -0.25) is 58.3 Å². The zero-order valence-corrected chi connectivity index (χ0v) is 56.8. The van der Waals surface area contributed by atoms with Gasteiger partial charge in [-0.05, 0) is 151 Å². The maximum atomic E-state index is 15.1. The Morgan fingerprint density at radius 1 is 0.794 bits per heavy atom. The molecule has 0 aromatic heterocycles. The number of carbonyl (C=O) groups excluding carboxylic acids is 9. The van der Waals surface area contributed by atoms with Crippen molar-refractivity contribution < 1.29 is 76.7 Å². The van der Waals surface area contributed by atoms with Gasteiger partial charge in [-0.15, -0.1) is 5.92 Å². The summed E-state index contributed by atoms with van der Waals surface area (Å²) in [6.07, 6.45) is 9.14. The van der Waals surface area contributed by atoms with Gasteiger partial charge < -0.3 is 58.6 Å². The van der Waals surface area contributed by atoms with Crippen LogP contribution in [0.5, 0.6) is 0 Å². The summed E-state index contributed by atoms with van der Waals surface area (Å²) in [5.41, 5.74) is 5.68. The van der Waals surface area contributed by atoms with Crippen LogP contribution >= 0.6 is 0 Å². The first kappa shape index (κ1) is 70.3. The molecule has 0 radical (unpaired) electrons. The molecule has 9 aliphatic rings. The molecule has 8 amide bonds. The van der Waals surface area contributed by atoms with E-state index in [1.807, 2.05) is 20.0 Å². The van der Waals surface area contributed by atoms with Crippen LogP contribution in [0.3, 0.4) is 0 Å². The molecule has 5 aliphatic heterocycles. The van der Waals surface area contributed by atoms with Crippen LogP contribution in [0.2, 0.25) is 0 Å². The Kier molecular flexibility index (Phi) is 21.7. The number of hydrogen-bond acceptors (Lipinski definition) is 18. The summed E-state index contributed by atoms with van der Waals surface area (Å²) in [7, 11) is 3.61. The number of ether oxygens (including phenoxy) is 5. The number of carboxylic acid groups (broad SMARTS) is 1. The standard InChI is InChI=1S/C72H93N9O16/c1-7-26-71-27-25-54-51-21-17-47-41-49(82)20-22-50(47)62(51)53(42-72(54,71)97-71)46-15-18-48(19-16-46)75(5)29-9-14-60(84)79-33-31-77(45-61(85)86)43-57(79)67(90)80-34-32-78(69(92)96-70(2,3)4)44-58(80)66(89)76(6)30-11-36-94-38-40-95-39-37-93-35-10-28-73-55-13-8-12-52-63(55)68(91)81(65(52)88)56-23-24-59(83)74-64(56)87/h8,12-13,15-16,18-19,41,51,53-54,56-58,73H,9-11,14,17,20-25,27-40,42-45H2,1-6H3,(H,85,86)(H,74,83,87)/t51-,53+,54?,56?,57?,58?,71-,72+/m0/s1. The summed E-state index contributed by atoms with van der Waals surface area (Å²) in [5.74, 6) is 3.30. The van der Waals surface area contributed by atoms with Gasteiger partial charge in [-0.2, -0.15) is 0 Å². The number of likely N-dealkylation sites (N-methyl/N-ethyl adjacent to an activating group) is 1. The van der Waals surface area contributed by atoms with E-state index in [-0.39, 0.29) is 125 Å². The second-order valence-corrected chi connectivity index (χ2v) is 28.0. The predicted molar refractivity (Wildman–Crippen MR) is 355 cm³/mol. The second kappa shape index (κ2) is 30.0. The molecule has 4 saturated heterocycles. The molecule has 25 nitrogen and oxygen atoms in total. The van der Waals surface area contributed by atoms with Crippen LogP contribution < -0.4 is 15.5 Å². The van der Waals surface area contributed by atoms with Gasteiger partial charge in [0.2, 0.25) is 29.5 Å². The highest BCUT2D eigenvalue weighted by molar-refractivity contribution is 6.25. The number of epoxide rings is 1. The highest BCUT2D eigenvalue weighted by Crippen LogP contribution is 2.73. The minimum absolute atomic E-state index is 0.0313. The van der Waals surface area contributed by atoms with E-state index in [9.17, 15) is 48.3 Å². The van der Waals surface area contributed by atoms with Crippen LogP contribution in [-0.4, -0.2) is 248 Å². The molecule has 25 heteroatoms. The van der Waals surface area contributed by atoms with Crippen LogP contribution in [0, 0.1) is 23.7 Å². The van der Waals surface area contributed by atoms with Crippen molar-refractivity contribution in [3.63, 3.8) is 0 Å². The molecular formula is C72H93N9O16. The predicted octanol–water partition coefficient (Wildman–Crippen LogP) is 5.17. The van der Waals surface area contributed by atoms with Crippen LogP contribution in [0.15, 0.2) is 65.3 Å². The lowest BCUT2D eigenvalue weighted by atomic mass is 9.57. The number of allylic oxidation sites excluding steroid dienone is 4. The smallest absolute Gasteiger partial charge is 0.410 e. The number of nitrogens with zero attached hydrogens (tertiary/aromatic N) is 7. The first-order valence-corrected chi connectivity index (χ1v) is 34.5. The number of fused-ring (bicyclic) bond motifs is 4. The molecule has 8 atom stereocenters. The number of aliphatic carboxylic acids is 1. The largest absolute Gasteiger partial charge is 0.480 e. The Labute approximate surface area is 566 Å².